The largest absolute Gasteiger partial charge is 0.492 e. The minimum absolute atomic E-state index is 0.273. The molecule has 0 saturated heterocycles. The van der Waals surface area contributed by atoms with Gasteiger partial charge in [0, 0.05) is 11.3 Å². The lowest BCUT2D eigenvalue weighted by molar-refractivity contribution is 0.299. The molecule has 94 valence electrons. The maximum atomic E-state index is 8.37. The lowest BCUT2D eigenvalue weighted by atomic mass is 10.2. The molecular formula is C12H18N2O2S. The number of hydrogen-bond acceptors (Lipinski definition) is 4. The molecule has 5 heteroatoms. The Balaban J connectivity index is 2.26. The van der Waals surface area contributed by atoms with Gasteiger partial charge in [-0.2, -0.15) is 0 Å². The Morgan fingerprint density at radius 1 is 1.41 bits per heavy atom. The summed E-state index contributed by atoms with van der Waals surface area (Å²) in [6, 6.07) is 7.97. The quantitative estimate of drug-likeness (QED) is 0.196. The molecule has 0 amide bonds. The van der Waals surface area contributed by atoms with E-state index >= 15 is 0 Å². The second-order valence-electron chi connectivity index (χ2n) is 3.55. The van der Waals surface area contributed by atoms with Crippen LogP contribution in [0.25, 0.3) is 0 Å². The van der Waals surface area contributed by atoms with Crippen LogP contribution in [-0.2, 0) is 0 Å². The minimum atomic E-state index is 0.273. The van der Waals surface area contributed by atoms with Gasteiger partial charge in [0.05, 0.1) is 6.61 Å². The highest BCUT2D eigenvalue weighted by molar-refractivity contribution is 7.98. The van der Waals surface area contributed by atoms with Crippen molar-refractivity contribution in [2.24, 2.45) is 10.9 Å². The van der Waals surface area contributed by atoms with Crippen LogP contribution in [0.15, 0.2) is 34.3 Å². The van der Waals surface area contributed by atoms with E-state index in [1.54, 1.807) is 11.8 Å². The maximum absolute atomic E-state index is 8.37. The fourth-order valence-corrected chi connectivity index (χ4v) is 1.92. The molecule has 0 saturated carbocycles. The van der Waals surface area contributed by atoms with Crippen molar-refractivity contribution in [3.8, 4) is 5.75 Å². The molecule has 1 rings (SSSR count). The van der Waals surface area contributed by atoms with Crippen molar-refractivity contribution in [3.63, 3.8) is 0 Å². The molecule has 0 aliphatic rings. The minimum Gasteiger partial charge on any atom is -0.492 e. The molecule has 0 radical (unpaired) electrons. The Bertz CT molecular complexity index is 369. The summed E-state index contributed by atoms with van der Waals surface area (Å²) in [5.74, 6) is 1.19. The average molecular weight is 254 g/mol. The van der Waals surface area contributed by atoms with Crippen LogP contribution in [0.5, 0.6) is 5.75 Å². The number of amidine groups is 1. The molecule has 17 heavy (non-hydrogen) atoms. The zero-order valence-electron chi connectivity index (χ0n) is 9.93. The number of hydrogen-bond donors (Lipinski definition) is 2. The third-order valence-corrected chi connectivity index (χ3v) is 3.06. The molecule has 0 bridgehead atoms. The number of para-hydroxylation sites is 1. The van der Waals surface area contributed by atoms with Crippen molar-refractivity contribution in [2.75, 3.05) is 12.9 Å². The van der Waals surface area contributed by atoms with Crippen molar-refractivity contribution < 1.29 is 9.94 Å². The van der Waals surface area contributed by atoms with Crippen molar-refractivity contribution in [1.29, 1.82) is 0 Å². The summed E-state index contributed by atoms with van der Waals surface area (Å²) in [5.41, 5.74) is 5.37. The van der Waals surface area contributed by atoms with E-state index in [0.717, 1.165) is 23.5 Å². The Morgan fingerprint density at radius 2 is 2.18 bits per heavy atom. The van der Waals surface area contributed by atoms with Crippen LogP contribution in [0.2, 0.25) is 0 Å². The fourth-order valence-electron chi connectivity index (χ4n) is 1.38. The summed E-state index contributed by atoms with van der Waals surface area (Å²) in [4.78, 5) is 1.14. The third-order valence-electron chi connectivity index (χ3n) is 2.28. The van der Waals surface area contributed by atoms with E-state index in [1.165, 1.54) is 0 Å². The van der Waals surface area contributed by atoms with Crippen LogP contribution in [0.4, 0.5) is 0 Å². The smallest absolute Gasteiger partial charge is 0.139 e. The summed E-state index contributed by atoms with van der Waals surface area (Å²) in [6.07, 6.45) is 4.38. The summed E-state index contributed by atoms with van der Waals surface area (Å²) >= 11 is 1.67. The number of rotatable bonds is 7. The summed E-state index contributed by atoms with van der Waals surface area (Å²) in [5, 5.41) is 11.3. The number of oxime groups is 1. The predicted octanol–water partition coefficient (Wildman–Crippen LogP) is 2.70. The molecule has 3 N–H and O–H groups in total. The molecule has 1 aromatic rings. The van der Waals surface area contributed by atoms with E-state index in [0.29, 0.717) is 13.0 Å². The van der Waals surface area contributed by atoms with Crippen molar-refractivity contribution in [1.82, 2.24) is 0 Å². The highest BCUT2D eigenvalue weighted by atomic mass is 32.2. The van der Waals surface area contributed by atoms with E-state index in [2.05, 4.69) is 5.16 Å². The molecule has 0 atom stereocenters. The van der Waals surface area contributed by atoms with Gasteiger partial charge in [0.15, 0.2) is 0 Å². The molecule has 1 aromatic carbocycles. The Kier molecular flexibility index (Phi) is 6.32. The van der Waals surface area contributed by atoms with E-state index in [-0.39, 0.29) is 5.84 Å². The molecule has 0 aromatic heterocycles. The van der Waals surface area contributed by atoms with Gasteiger partial charge in [0.1, 0.15) is 11.6 Å². The van der Waals surface area contributed by atoms with Gasteiger partial charge in [0.2, 0.25) is 0 Å². The van der Waals surface area contributed by atoms with Crippen molar-refractivity contribution >= 4 is 17.6 Å². The van der Waals surface area contributed by atoms with E-state index in [9.17, 15) is 0 Å². The lowest BCUT2D eigenvalue weighted by Gasteiger charge is -2.09. The van der Waals surface area contributed by atoms with Gasteiger partial charge >= 0.3 is 0 Å². The van der Waals surface area contributed by atoms with Gasteiger partial charge in [0.25, 0.3) is 0 Å². The highest BCUT2D eigenvalue weighted by Gasteiger charge is 2.01. The monoisotopic (exact) mass is 254 g/mol. The van der Waals surface area contributed by atoms with Crippen molar-refractivity contribution in [3.05, 3.63) is 24.3 Å². The maximum Gasteiger partial charge on any atom is 0.139 e. The highest BCUT2D eigenvalue weighted by Crippen LogP contribution is 2.26. The number of ether oxygens (including phenoxy) is 1. The lowest BCUT2D eigenvalue weighted by Crippen LogP contribution is -2.11. The molecule has 4 nitrogen and oxygen atoms in total. The molecule has 0 aliphatic carbocycles. The zero-order chi connectivity index (χ0) is 12.5. The standard InChI is InChI=1S/C12H18N2O2S/c1-17-11-7-3-2-6-10(11)16-9-5-4-8-12(13)14-15/h2-3,6-7,15H,4-5,8-9H2,1H3,(H2,13,14). The van der Waals surface area contributed by atoms with E-state index < -0.39 is 0 Å². The van der Waals surface area contributed by atoms with Crippen LogP contribution in [0, 0.1) is 0 Å². The van der Waals surface area contributed by atoms with Crippen LogP contribution in [-0.4, -0.2) is 23.9 Å². The van der Waals surface area contributed by atoms with E-state index in [1.807, 2.05) is 30.5 Å². The summed E-state index contributed by atoms with van der Waals surface area (Å²) in [7, 11) is 0. The first-order valence-electron chi connectivity index (χ1n) is 5.50. The van der Waals surface area contributed by atoms with Gasteiger partial charge < -0.3 is 15.7 Å². The van der Waals surface area contributed by atoms with Crippen LogP contribution >= 0.6 is 11.8 Å². The predicted molar refractivity (Wildman–Crippen MR) is 71.0 cm³/mol. The Hall–Kier alpha value is -1.36. The first-order chi connectivity index (χ1) is 8.27. The molecule has 0 heterocycles. The van der Waals surface area contributed by atoms with Gasteiger partial charge in [-0.3, -0.25) is 0 Å². The number of thioether (sulfide) groups is 1. The van der Waals surface area contributed by atoms with Gasteiger partial charge in [-0.15, -0.1) is 11.8 Å². The van der Waals surface area contributed by atoms with Gasteiger partial charge in [-0.1, -0.05) is 17.3 Å². The first kappa shape index (κ1) is 13.7. The number of unbranched alkanes of at least 4 members (excludes halogenated alkanes) is 1. The number of nitrogens with two attached hydrogens (primary N) is 1. The average Bonchev–Trinajstić information content (AvgIpc) is 2.38. The van der Waals surface area contributed by atoms with Crippen LogP contribution in [0.1, 0.15) is 19.3 Å². The first-order valence-corrected chi connectivity index (χ1v) is 6.72. The second kappa shape index (κ2) is 7.84. The topological polar surface area (TPSA) is 67.8 Å². The van der Waals surface area contributed by atoms with E-state index in [4.69, 9.17) is 15.7 Å². The Labute approximate surface area is 106 Å². The molecular weight excluding hydrogens is 236 g/mol. The summed E-state index contributed by atoms with van der Waals surface area (Å²) < 4.78 is 5.68. The van der Waals surface area contributed by atoms with Crippen molar-refractivity contribution in [2.45, 2.75) is 24.2 Å². The second-order valence-corrected chi connectivity index (χ2v) is 4.40. The SMILES string of the molecule is CSc1ccccc1OCCCCC(N)=NO. The fraction of sp³-hybridized carbons (Fsp3) is 0.417. The van der Waals surface area contributed by atoms with Crippen LogP contribution in [0.3, 0.4) is 0 Å². The number of benzene rings is 1. The molecule has 0 unspecified atom stereocenters. The molecule has 0 aliphatic heterocycles. The summed E-state index contributed by atoms with van der Waals surface area (Å²) in [6.45, 7) is 0.649. The van der Waals surface area contributed by atoms with Gasteiger partial charge in [-0.25, -0.2) is 0 Å². The zero-order valence-corrected chi connectivity index (χ0v) is 10.7. The molecule has 0 fully saturated rings. The number of nitrogens with zero attached hydrogens (tertiary/aromatic N) is 1. The molecule has 0 spiro atoms. The third kappa shape index (κ3) is 4.99. The Morgan fingerprint density at radius 3 is 2.88 bits per heavy atom. The van der Waals surface area contributed by atoms with Gasteiger partial charge in [-0.05, 0) is 31.2 Å². The normalized spacial score (nSPS) is 11.5. The van der Waals surface area contributed by atoms with Crippen LogP contribution < -0.4 is 10.5 Å².